The van der Waals surface area contributed by atoms with Crippen LogP contribution in [0.25, 0.3) is 17.0 Å². The third-order valence-corrected chi connectivity index (χ3v) is 5.59. The van der Waals surface area contributed by atoms with Gasteiger partial charge in [0.25, 0.3) is 11.8 Å². The van der Waals surface area contributed by atoms with Gasteiger partial charge < -0.3 is 14.0 Å². The van der Waals surface area contributed by atoms with Crippen LogP contribution in [-0.2, 0) is 30.4 Å². The van der Waals surface area contributed by atoms with E-state index in [1.54, 1.807) is 48.0 Å². The largest absolute Gasteiger partial charge is 0.465 e. The number of esters is 1. The van der Waals surface area contributed by atoms with Crippen molar-refractivity contribution >= 4 is 46.5 Å². The first kappa shape index (κ1) is 23.9. The van der Waals surface area contributed by atoms with Crippen molar-refractivity contribution in [3.05, 3.63) is 71.9 Å². The predicted molar refractivity (Wildman–Crippen MR) is 129 cm³/mol. The van der Waals surface area contributed by atoms with Crippen molar-refractivity contribution in [1.29, 1.82) is 0 Å². The Labute approximate surface area is 202 Å². The van der Waals surface area contributed by atoms with Crippen LogP contribution in [0.2, 0.25) is 0 Å². The fourth-order valence-electron chi connectivity index (χ4n) is 3.98. The zero-order valence-electron chi connectivity index (χ0n) is 19.5. The number of hydrogen-bond acceptors (Lipinski definition) is 6. The molecule has 4 rings (SSSR count). The van der Waals surface area contributed by atoms with Crippen LogP contribution in [0.1, 0.15) is 12.5 Å². The van der Waals surface area contributed by atoms with Crippen LogP contribution in [0.4, 0.5) is 10.5 Å². The molecule has 1 aliphatic heterocycles. The van der Waals surface area contributed by atoms with Crippen molar-refractivity contribution in [1.82, 2.24) is 9.47 Å². The van der Waals surface area contributed by atoms with E-state index in [1.807, 2.05) is 24.3 Å². The van der Waals surface area contributed by atoms with Crippen molar-refractivity contribution < 1.29 is 28.7 Å². The Kier molecular flexibility index (Phi) is 7.07. The van der Waals surface area contributed by atoms with E-state index in [0.29, 0.717) is 11.3 Å². The molecule has 0 bridgehead atoms. The number of urea groups is 1. The highest BCUT2D eigenvalue weighted by Crippen LogP contribution is 2.29. The number of methoxy groups -OCH3 is 1. The third-order valence-electron chi connectivity index (χ3n) is 5.59. The number of nitrogens with zero attached hydrogens (tertiary/aromatic N) is 3. The number of rotatable bonds is 8. The van der Waals surface area contributed by atoms with Gasteiger partial charge in [-0.3, -0.25) is 19.3 Å². The lowest BCUT2D eigenvalue weighted by Crippen LogP contribution is -2.57. The maximum atomic E-state index is 13.5. The summed E-state index contributed by atoms with van der Waals surface area (Å²) in [5.74, 6) is -1.82. The molecule has 1 aliphatic rings. The molecule has 0 radical (unpaired) electrons. The van der Waals surface area contributed by atoms with E-state index in [9.17, 15) is 19.2 Å². The third kappa shape index (κ3) is 4.71. The van der Waals surface area contributed by atoms with Crippen molar-refractivity contribution in [2.24, 2.45) is 0 Å². The standard InChI is InChI=1S/C26H25N3O6/c1-3-35-23(30)17-27-16-18(20-11-7-8-12-22(20)27)15-21-24(31)28(13-14-34-2)26(33)29(25(21)32)19-9-5-4-6-10-19/h4-12,15-16H,3,13-14,17H2,1-2H3. The molecule has 2 aromatic carbocycles. The first-order chi connectivity index (χ1) is 17.0. The minimum atomic E-state index is -0.731. The van der Waals surface area contributed by atoms with Crippen LogP contribution in [0.15, 0.2) is 66.4 Å². The summed E-state index contributed by atoms with van der Waals surface area (Å²) < 4.78 is 11.8. The number of carbonyl (C=O) groups is 4. The molecular formula is C26H25N3O6. The number of benzene rings is 2. The molecule has 0 unspecified atom stereocenters. The lowest BCUT2D eigenvalue weighted by atomic mass is 10.0. The van der Waals surface area contributed by atoms with Crippen molar-refractivity contribution in [2.75, 3.05) is 31.8 Å². The van der Waals surface area contributed by atoms with Crippen LogP contribution in [0.5, 0.6) is 0 Å². The summed E-state index contributed by atoms with van der Waals surface area (Å²) in [5.41, 5.74) is 1.50. The van der Waals surface area contributed by atoms with Gasteiger partial charge in [-0.1, -0.05) is 36.4 Å². The fraction of sp³-hybridized carbons (Fsp3) is 0.231. The Hall–Kier alpha value is -4.24. The quantitative estimate of drug-likeness (QED) is 0.282. The summed E-state index contributed by atoms with van der Waals surface area (Å²) in [4.78, 5) is 54.0. The Morgan fingerprint density at radius 1 is 0.971 bits per heavy atom. The molecule has 0 saturated carbocycles. The molecule has 0 aliphatic carbocycles. The second-order valence-electron chi connectivity index (χ2n) is 7.80. The van der Waals surface area contributed by atoms with E-state index in [1.165, 1.54) is 13.2 Å². The normalized spacial score (nSPS) is 15.4. The molecule has 0 N–H and O–H groups in total. The maximum absolute atomic E-state index is 13.5. The number of imide groups is 2. The first-order valence-corrected chi connectivity index (χ1v) is 11.2. The van der Waals surface area contributed by atoms with Crippen LogP contribution in [0.3, 0.4) is 0 Å². The average Bonchev–Trinajstić information content (AvgIpc) is 3.19. The highest BCUT2D eigenvalue weighted by Gasteiger charge is 2.42. The maximum Gasteiger partial charge on any atom is 0.338 e. The van der Waals surface area contributed by atoms with Gasteiger partial charge in [0.2, 0.25) is 0 Å². The van der Waals surface area contributed by atoms with E-state index in [2.05, 4.69) is 0 Å². The molecule has 2 heterocycles. The highest BCUT2D eigenvalue weighted by atomic mass is 16.5. The smallest absolute Gasteiger partial charge is 0.338 e. The van der Waals surface area contributed by atoms with Gasteiger partial charge in [0.15, 0.2) is 0 Å². The van der Waals surface area contributed by atoms with Crippen molar-refractivity contribution in [3.8, 4) is 0 Å². The highest BCUT2D eigenvalue weighted by molar-refractivity contribution is 6.39. The topological polar surface area (TPSA) is 98.2 Å². The summed E-state index contributed by atoms with van der Waals surface area (Å²) in [6, 6.07) is 15.0. The molecule has 3 aromatic rings. The molecule has 180 valence electrons. The number of fused-ring (bicyclic) bond motifs is 1. The Bertz CT molecular complexity index is 1310. The molecule has 0 atom stereocenters. The summed E-state index contributed by atoms with van der Waals surface area (Å²) in [6.07, 6.45) is 3.16. The second-order valence-corrected chi connectivity index (χ2v) is 7.80. The molecule has 1 aromatic heterocycles. The number of ether oxygens (including phenoxy) is 2. The van der Waals surface area contributed by atoms with E-state index < -0.39 is 23.8 Å². The number of anilines is 1. The van der Waals surface area contributed by atoms with Gasteiger partial charge in [-0.2, -0.15) is 0 Å². The van der Waals surface area contributed by atoms with Gasteiger partial charge in [-0.05, 0) is 31.2 Å². The summed E-state index contributed by atoms with van der Waals surface area (Å²) in [7, 11) is 1.47. The SMILES string of the molecule is CCOC(=O)Cn1cc(C=C2C(=O)N(CCOC)C(=O)N(c3ccccc3)C2=O)c2ccccc21. The number of para-hydroxylation sites is 2. The number of aromatic nitrogens is 1. The van der Waals surface area contributed by atoms with Gasteiger partial charge in [-0.25, -0.2) is 9.69 Å². The van der Waals surface area contributed by atoms with Gasteiger partial charge in [0.05, 0.1) is 25.4 Å². The molecule has 1 fully saturated rings. The lowest BCUT2D eigenvalue weighted by molar-refractivity contribution is -0.143. The monoisotopic (exact) mass is 475 g/mol. The number of barbiturate groups is 1. The summed E-state index contributed by atoms with van der Waals surface area (Å²) >= 11 is 0. The molecule has 1 saturated heterocycles. The summed E-state index contributed by atoms with van der Waals surface area (Å²) in [6.45, 7) is 2.09. The number of amides is 4. The molecule has 9 heteroatoms. The summed E-state index contributed by atoms with van der Waals surface area (Å²) in [5, 5.41) is 0.747. The van der Waals surface area contributed by atoms with E-state index in [0.717, 1.165) is 20.7 Å². The van der Waals surface area contributed by atoms with Gasteiger partial charge in [0, 0.05) is 29.8 Å². The second kappa shape index (κ2) is 10.4. The van der Waals surface area contributed by atoms with Gasteiger partial charge in [0.1, 0.15) is 12.1 Å². The van der Waals surface area contributed by atoms with Gasteiger partial charge >= 0.3 is 12.0 Å². The van der Waals surface area contributed by atoms with Crippen molar-refractivity contribution in [2.45, 2.75) is 13.5 Å². The minimum absolute atomic E-state index is 0.00720. The fourth-order valence-corrected chi connectivity index (χ4v) is 3.98. The molecular weight excluding hydrogens is 450 g/mol. The Balaban J connectivity index is 1.81. The molecule has 9 nitrogen and oxygen atoms in total. The molecule has 35 heavy (non-hydrogen) atoms. The van der Waals surface area contributed by atoms with E-state index in [-0.39, 0.29) is 31.9 Å². The first-order valence-electron chi connectivity index (χ1n) is 11.2. The van der Waals surface area contributed by atoms with Crippen molar-refractivity contribution in [3.63, 3.8) is 0 Å². The molecule has 0 spiro atoms. The van der Waals surface area contributed by atoms with E-state index in [4.69, 9.17) is 9.47 Å². The van der Waals surface area contributed by atoms with E-state index >= 15 is 0 Å². The Morgan fingerprint density at radius 2 is 1.69 bits per heavy atom. The minimum Gasteiger partial charge on any atom is -0.465 e. The van der Waals surface area contributed by atoms with Crippen LogP contribution in [0, 0.1) is 0 Å². The Morgan fingerprint density at radius 3 is 2.40 bits per heavy atom. The van der Waals surface area contributed by atoms with Crippen LogP contribution in [-0.4, -0.2) is 60.2 Å². The van der Waals surface area contributed by atoms with Crippen LogP contribution < -0.4 is 4.90 Å². The average molecular weight is 476 g/mol. The van der Waals surface area contributed by atoms with Gasteiger partial charge in [-0.15, -0.1) is 0 Å². The van der Waals surface area contributed by atoms with Crippen LogP contribution >= 0.6 is 0 Å². The lowest BCUT2D eigenvalue weighted by Gasteiger charge is -2.33. The predicted octanol–water partition coefficient (Wildman–Crippen LogP) is 3.23. The number of hydrogen-bond donors (Lipinski definition) is 0. The zero-order chi connectivity index (χ0) is 24.9. The molecule has 4 amide bonds. The number of carbonyl (C=O) groups excluding carboxylic acids is 4. The zero-order valence-corrected chi connectivity index (χ0v) is 19.5.